The number of primary amides is 1. The molecular weight excluding hydrogens is 806 g/mol. The normalized spacial score (nSPS) is 18.6. The van der Waals surface area contributed by atoms with Crippen LogP contribution in [0.3, 0.4) is 0 Å². The number of halogens is 1. The lowest BCUT2D eigenvalue weighted by Gasteiger charge is -2.34. The number of ether oxygens (including phenoxy) is 1. The average molecular weight is 860 g/mol. The SMILES string of the molecule is CCCC(NC(=O)[C@@H]1C[C@@H](NS(=O)(=O)c2cccc(Cl)c2)CN1C(=O)[C@@H](NC(=O)OCC(C)C)C1CCCCC1)C(=O)C(=O)NCC(=O)N[C@H](C(N)=O)c1ccccc1. The number of likely N-dealkylation sites (tertiary alicyclic amines) is 1. The molecule has 1 heterocycles. The van der Waals surface area contributed by atoms with Crippen LogP contribution in [0.5, 0.6) is 0 Å². The van der Waals surface area contributed by atoms with Crippen molar-refractivity contribution in [3.8, 4) is 0 Å². The molecule has 0 aromatic heterocycles. The fourth-order valence-corrected chi connectivity index (χ4v) is 8.72. The monoisotopic (exact) mass is 859 g/mol. The van der Waals surface area contributed by atoms with Gasteiger partial charge in [-0.05, 0) is 61.3 Å². The Bertz CT molecular complexity index is 1950. The lowest BCUT2D eigenvalue weighted by Crippen LogP contribution is -2.58. The van der Waals surface area contributed by atoms with E-state index in [1.165, 1.54) is 29.2 Å². The van der Waals surface area contributed by atoms with Gasteiger partial charge in [-0.25, -0.2) is 17.9 Å². The van der Waals surface area contributed by atoms with Crippen LogP contribution in [0.2, 0.25) is 5.02 Å². The minimum atomic E-state index is -4.20. The zero-order valence-corrected chi connectivity index (χ0v) is 35.0. The number of benzene rings is 2. The van der Waals surface area contributed by atoms with Crippen LogP contribution in [0.15, 0.2) is 59.5 Å². The molecule has 1 unspecified atom stereocenters. The topological polar surface area (TPSA) is 252 Å². The number of rotatable bonds is 19. The molecule has 1 saturated carbocycles. The van der Waals surface area contributed by atoms with E-state index in [4.69, 9.17) is 22.1 Å². The Kier molecular flexibility index (Phi) is 17.2. The highest BCUT2D eigenvalue weighted by molar-refractivity contribution is 7.89. The van der Waals surface area contributed by atoms with Crippen LogP contribution in [0, 0.1) is 11.8 Å². The highest BCUT2D eigenvalue weighted by Crippen LogP contribution is 2.30. The first-order valence-corrected chi connectivity index (χ1v) is 21.6. The zero-order valence-electron chi connectivity index (χ0n) is 33.4. The molecule has 2 aromatic rings. The van der Waals surface area contributed by atoms with E-state index in [0.29, 0.717) is 24.8 Å². The van der Waals surface area contributed by atoms with Crippen molar-refractivity contribution < 1.29 is 46.7 Å². The van der Waals surface area contributed by atoms with Crippen LogP contribution in [-0.2, 0) is 43.5 Å². The fraction of sp³-hybridized carbons (Fsp3) is 0.525. The quantitative estimate of drug-likeness (QED) is 0.112. The van der Waals surface area contributed by atoms with Crippen LogP contribution < -0.4 is 31.7 Å². The lowest BCUT2D eigenvalue weighted by atomic mass is 9.83. The maximum Gasteiger partial charge on any atom is 0.407 e. The van der Waals surface area contributed by atoms with Crippen LogP contribution >= 0.6 is 11.6 Å². The number of nitrogens with one attached hydrogen (secondary N) is 5. The summed E-state index contributed by atoms with van der Waals surface area (Å²) < 4.78 is 34.8. The molecule has 1 aliphatic carbocycles. The van der Waals surface area contributed by atoms with E-state index in [-0.39, 0.29) is 47.7 Å². The molecule has 0 bridgehead atoms. The number of hydrogen-bond donors (Lipinski definition) is 6. The first-order chi connectivity index (χ1) is 28.0. The summed E-state index contributed by atoms with van der Waals surface area (Å²) in [5.41, 5.74) is 5.88. The summed E-state index contributed by atoms with van der Waals surface area (Å²) in [7, 11) is -4.20. The van der Waals surface area contributed by atoms with Gasteiger partial charge in [0, 0.05) is 17.6 Å². The maximum absolute atomic E-state index is 14.6. The van der Waals surface area contributed by atoms with E-state index in [0.717, 1.165) is 19.3 Å². The van der Waals surface area contributed by atoms with Crippen molar-refractivity contribution in [2.75, 3.05) is 19.7 Å². The number of nitrogens with zero attached hydrogens (tertiary/aromatic N) is 1. The molecular formula is C40H54ClN7O10S. The summed E-state index contributed by atoms with van der Waals surface area (Å²) in [6, 6.07) is 7.74. The van der Waals surface area contributed by atoms with Gasteiger partial charge in [0.1, 0.15) is 18.1 Å². The number of alkyl carbamates (subject to hydrolysis) is 1. The van der Waals surface area contributed by atoms with Gasteiger partial charge in [0.2, 0.25) is 39.4 Å². The zero-order chi connectivity index (χ0) is 43.3. The summed E-state index contributed by atoms with van der Waals surface area (Å²) in [6.45, 7) is 4.59. The van der Waals surface area contributed by atoms with Crippen molar-refractivity contribution in [2.24, 2.45) is 17.6 Å². The minimum absolute atomic E-state index is 0.00137. The van der Waals surface area contributed by atoms with Crippen LogP contribution in [-0.4, -0.2) is 98.6 Å². The largest absolute Gasteiger partial charge is 0.449 e. The highest BCUT2D eigenvalue weighted by atomic mass is 35.5. The third-order valence-corrected chi connectivity index (χ3v) is 11.8. The molecule has 5 atom stereocenters. The summed E-state index contributed by atoms with van der Waals surface area (Å²) in [5.74, 6) is -5.66. The summed E-state index contributed by atoms with van der Waals surface area (Å²) >= 11 is 6.06. The molecule has 2 aromatic carbocycles. The van der Waals surface area contributed by atoms with Gasteiger partial charge in [-0.1, -0.05) is 94.5 Å². The maximum atomic E-state index is 14.6. The van der Waals surface area contributed by atoms with Crippen LogP contribution in [0.4, 0.5) is 4.79 Å². The Labute approximate surface area is 349 Å². The van der Waals surface area contributed by atoms with Gasteiger partial charge in [0.05, 0.1) is 24.1 Å². The second-order valence-electron chi connectivity index (χ2n) is 15.2. The predicted molar refractivity (Wildman–Crippen MR) is 217 cm³/mol. The molecule has 6 amide bonds. The number of nitrogens with two attached hydrogens (primary N) is 1. The average Bonchev–Trinajstić information content (AvgIpc) is 3.63. The Hall–Kier alpha value is -5.07. The van der Waals surface area contributed by atoms with Crippen molar-refractivity contribution in [3.05, 3.63) is 65.2 Å². The van der Waals surface area contributed by atoms with Crippen molar-refractivity contribution >= 4 is 63.0 Å². The number of ketones is 1. The molecule has 0 spiro atoms. The molecule has 1 saturated heterocycles. The molecule has 1 aliphatic heterocycles. The van der Waals surface area contributed by atoms with E-state index < -0.39 is 88.2 Å². The molecule has 322 valence electrons. The Morgan fingerprint density at radius 2 is 1.63 bits per heavy atom. The number of Topliss-reactive ketones (excluding diaryl/α,β-unsaturated/α-hetero) is 1. The fourth-order valence-electron chi connectivity index (χ4n) is 7.18. The van der Waals surface area contributed by atoms with Gasteiger partial charge in [-0.3, -0.25) is 28.8 Å². The Morgan fingerprint density at radius 1 is 0.932 bits per heavy atom. The van der Waals surface area contributed by atoms with Crippen molar-refractivity contribution in [2.45, 2.75) is 107 Å². The van der Waals surface area contributed by atoms with E-state index in [1.54, 1.807) is 37.3 Å². The predicted octanol–water partition coefficient (Wildman–Crippen LogP) is 2.23. The van der Waals surface area contributed by atoms with Crippen LogP contribution in [0.25, 0.3) is 0 Å². The molecule has 2 fully saturated rings. The van der Waals surface area contributed by atoms with Crippen molar-refractivity contribution in [3.63, 3.8) is 0 Å². The second kappa shape index (κ2) is 21.8. The lowest BCUT2D eigenvalue weighted by molar-refractivity contribution is -0.143. The Morgan fingerprint density at radius 3 is 2.25 bits per heavy atom. The number of amides is 6. The van der Waals surface area contributed by atoms with Gasteiger partial charge in [-0.15, -0.1) is 0 Å². The number of hydrogen-bond acceptors (Lipinski definition) is 10. The molecule has 19 heteroatoms. The standard InChI is InChI=1S/C40H54ClN7O10S/c1-4-12-30(35(50)38(53)43-21-32(49)45-33(36(42)51)25-13-7-5-8-14-25)44-37(52)31-20-28(47-59(56,57)29-18-11-17-27(41)19-29)22-48(31)39(54)34(26-15-9-6-10-16-26)46-40(55)58-23-24(2)3/h5,7-8,11,13-14,17-19,24,26,28,30-31,33-34,47H,4,6,9-10,12,15-16,20-23H2,1-3H3,(H2,42,51)(H,43,53)(H,44,52)(H,45,49)(H,46,55)/t28-,30?,31+,33+,34+/m1/s1. The highest BCUT2D eigenvalue weighted by Gasteiger charge is 2.46. The van der Waals surface area contributed by atoms with E-state index >= 15 is 0 Å². The van der Waals surface area contributed by atoms with Gasteiger partial charge in [-0.2, -0.15) is 0 Å². The molecule has 2 aliphatic rings. The van der Waals surface area contributed by atoms with E-state index in [9.17, 15) is 42.0 Å². The van der Waals surface area contributed by atoms with Gasteiger partial charge >= 0.3 is 6.09 Å². The first-order valence-electron chi connectivity index (χ1n) is 19.8. The molecule has 7 N–H and O–H groups in total. The Balaban J connectivity index is 1.54. The van der Waals surface area contributed by atoms with Gasteiger partial charge in [0.15, 0.2) is 0 Å². The molecule has 17 nitrogen and oxygen atoms in total. The number of carbonyl (C=O) groups is 7. The summed E-state index contributed by atoms with van der Waals surface area (Å²) in [5, 5.41) is 10.1. The van der Waals surface area contributed by atoms with Crippen LogP contribution in [0.1, 0.15) is 83.7 Å². The van der Waals surface area contributed by atoms with Crippen molar-refractivity contribution in [1.82, 2.24) is 30.9 Å². The minimum Gasteiger partial charge on any atom is -0.449 e. The summed E-state index contributed by atoms with van der Waals surface area (Å²) in [6.07, 6.45) is 3.12. The molecule has 59 heavy (non-hydrogen) atoms. The third-order valence-electron chi connectivity index (χ3n) is 10.1. The first kappa shape index (κ1) is 46.6. The second-order valence-corrected chi connectivity index (χ2v) is 17.4. The third kappa shape index (κ3) is 13.5. The van der Waals surface area contributed by atoms with Gasteiger partial charge < -0.3 is 36.6 Å². The molecule has 4 rings (SSSR count). The molecule has 0 radical (unpaired) electrons. The smallest absolute Gasteiger partial charge is 0.407 e. The number of carbonyl (C=O) groups excluding carboxylic acids is 7. The van der Waals surface area contributed by atoms with Crippen molar-refractivity contribution in [1.29, 1.82) is 0 Å². The van der Waals surface area contributed by atoms with E-state index in [2.05, 4.69) is 26.0 Å². The van der Waals surface area contributed by atoms with E-state index in [1.807, 2.05) is 13.8 Å². The number of sulfonamides is 1. The van der Waals surface area contributed by atoms with Gasteiger partial charge in [0.25, 0.3) is 5.91 Å². The summed E-state index contributed by atoms with van der Waals surface area (Å²) in [4.78, 5) is 94.0.